The van der Waals surface area contributed by atoms with E-state index in [1.807, 2.05) is 30.3 Å². The average Bonchev–Trinajstić information content (AvgIpc) is 2.82. The van der Waals surface area contributed by atoms with Crippen molar-refractivity contribution in [2.24, 2.45) is 0 Å². The summed E-state index contributed by atoms with van der Waals surface area (Å²) in [6.07, 6.45) is 5.86. The third-order valence-electron chi connectivity index (χ3n) is 4.03. The second kappa shape index (κ2) is 6.20. The Kier molecular flexibility index (Phi) is 4.14. The molecule has 2 aromatic rings. The third kappa shape index (κ3) is 2.76. The normalized spacial score (nSPS) is 21.4. The summed E-state index contributed by atoms with van der Waals surface area (Å²) < 4.78 is 0. The summed E-state index contributed by atoms with van der Waals surface area (Å²) in [4.78, 5) is 0. The quantitative estimate of drug-likeness (QED) is 0.804. The molecule has 1 aromatic carbocycles. The number of rotatable bonds is 3. The van der Waals surface area contributed by atoms with E-state index in [9.17, 15) is 5.11 Å². The molecule has 0 aliphatic carbocycles. The standard InChI is InChI=1S/C16H21N3O/c20-16(14-9-5-2-6-10-17-14)13-11-18-19-15(13)12-7-3-1-4-8-12/h1,3-4,7-8,11,14,16-17,20H,2,5-6,9-10H2,(H,18,19). The Morgan fingerprint density at radius 1 is 1.15 bits per heavy atom. The predicted octanol–water partition coefficient (Wildman–Crippen LogP) is 2.64. The second-order valence-electron chi connectivity index (χ2n) is 5.42. The Morgan fingerprint density at radius 3 is 2.85 bits per heavy atom. The van der Waals surface area contributed by atoms with Crippen molar-refractivity contribution in [3.05, 3.63) is 42.1 Å². The molecular formula is C16H21N3O. The zero-order chi connectivity index (χ0) is 13.8. The molecule has 0 radical (unpaired) electrons. The van der Waals surface area contributed by atoms with Crippen LogP contribution in [0.5, 0.6) is 0 Å². The zero-order valence-electron chi connectivity index (χ0n) is 11.5. The van der Waals surface area contributed by atoms with Crippen LogP contribution in [0.2, 0.25) is 0 Å². The van der Waals surface area contributed by atoms with Crippen molar-refractivity contribution in [1.82, 2.24) is 15.5 Å². The fraction of sp³-hybridized carbons (Fsp3) is 0.438. The van der Waals surface area contributed by atoms with E-state index in [0.717, 1.165) is 29.8 Å². The summed E-state index contributed by atoms with van der Waals surface area (Å²) in [5, 5.41) is 21.3. The van der Waals surface area contributed by atoms with Crippen molar-refractivity contribution < 1.29 is 5.11 Å². The highest BCUT2D eigenvalue weighted by molar-refractivity contribution is 5.63. The Balaban J connectivity index is 1.85. The van der Waals surface area contributed by atoms with E-state index in [2.05, 4.69) is 15.5 Å². The molecule has 0 saturated carbocycles. The third-order valence-corrected chi connectivity index (χ3v) is 4.03. The van der Waals surface area contributed by atoms with Crippen LogP contribution in [0.3, 0.4) is 0 Å². The smallest absolute Gasteiger partial charge is 0.0979 e. The van der Waals surface area contributed by atoms with Crippen molar-refractivity contribution in [1.29, 1.82) is 0 Å². The second-order valence-corrected chi connectivity index (χ2v) is 5.42. The number of aliphatic hydroxyl groups excluding tert-OH is 1. The number of hydrogen-bond acceptors (Lipinski definition) is 3. The largest absolute Gasteiger partial charge is 0.387 e. The molecule has 3 N–H and O–H groups in total. The minimum absolute atomic E-state index is 0.123. The number of nitrogens with one attached hydrogen (secondary N) is 2. The van der Waals surface area contributed by atoms with E-state index < -0.39 is 6.10 Å². The van der Waals surface area contributed by atoms with Crippen LogP contribution in [0.25, 0.3) is 11.3 Å². The number of hydrogen-bond donors (Lipinski definition) is 3. The van der Waals surface area contributed by atoms with Gasteiger partial charge in [0.1, 0.15) is 0 Å². The van der Waals surface area contributed by atoms with Gasteiger partial charge in [0.15, 0.2) is 0 Å². The lowest BCUT2D eigenvalue weighted by Gasteiger charge is -2.22. The van der Waals surface area contributed by atoms with Gasteiger partial charge in [-0.15, -0.1) is 0 Å². The van der Waals surface area contributed by atoms with E-state index >= 15 is 0 Å². The van der Waals surface area contributed by atoms with Crippen LogP contribution in [0, 0.1) is 0 Å². The van der Waals surface area contributed by atoms with Gasteiger partial charge in [0.25, 0.3) is 0 Å². The van der Waals surface area contributed by atoms with Crippen LogP contribution in [0.4, 0.5) is 0 Å². The van der Waals surface area contributed by atoms with E-state index in [-0.39, 0.29) is 6.04 Å². The first-order valence-corrected chi connectivity index (χ1v) is 7.36. The molecule has 0 spiro atoms. The molecule has 4 heteroatoms. The Bertz CT molecular complexity index is 530. The number of nitrogens with zero attached hydrogens (tertiary/aromatic N) is 1. The highest BCUT2D eigenvalue weighted by Gasteiger charge is 2.25. The topological polar surface area (TPSA) is 60.9 Å². The van der Waals surface area contributed by atoms with Gasteiger partial charge < -0.3 is 10.4 Å². The van der Waals surface area contributed by atoms with Gasteiger partial charge in [0.05, 0.1) is 18.0 Å². The number of H-pyrrole nitrogens is 1. The lowest BCUT2D eigenvalue weighted by Crippen LogP contribution is -2.34. The van der Waals surface area contributed by atoms with Gasteiger partial charge in [0, 0.05) is 11.6 Å². The summed E-state index contributed by atoms with van der Waals surface area (Å²) >= 11 is 0. The van der Waals surface area contributed by atoms with E-state index in [4.69, 9.17) is 0 Å². The lowest BCUT2D eigenvalue weighted by molar-refractivity contribution is 0.127. The van der Waals surface area contributed by atoms with Crippen molar-refractivity contribution in [3.63, 3.8) is 0 Å². The Labute approximate surface area is 119 Å². The van der Waals surface area contributed by atoms with Crippen molar-refractivity contribution in [3.8, 4) is 11.3 Å². The maximum Gasteiger partial charge on any atom is 0.0979 e. The first kappa shape index (κ1) is 13.3. The van der Waals surface area contributed by atoms with Crippen LogP contribution in [-0.2, 0) is 0 Å². The lowest BCUT2D eigenvalue weighted by atomic mass is 9.96. The van der Waals surface area contributed by atoms with Crippen LogP contribution in [-0.4, -0.2) is 27.9 Å². The number of aliphatic hydroxyl groups is 1. The van der Waals surface area contributed by atoms with Gasteiger partial charge in [-0.1, -0.05) is 43.2 Å². The highest BCUT2D eigenvalue weighted by atomic mass is 16.3. The molecular weight excluding hydrogens is 250 g/mol. The van der Waals surface area contributed by atoms with Crippen molar-refractivity contribution in [2.75, 3.05) is 6.54 Å². The number of benzene rings is 1. The Morgan fingerprint density at radius 2 is 2.00 bits per heavy atom. The van der Waals surface area contributed by atoms with Crippen LogP contribution < -0.4 is 5.32 Å². The van der Waals surface area contributed by atoms with E-state index in [1.54, 1.807) is 6.20 Å². The molecule has 2 heterocycles. The van der Waals surface area contributed by atoms with Crippen LogP contribution >= 0.6 is 0 Å². The predicted molar refractivity (Wildman–Crippen MR) is 79.2 cm³/mol. The summed E-state index contributed by atoms with van der Waals surface area (Å²) in [7, 11) is 0. The first-order valence-electron chi connectivity index (χ1n) is 7.36. The average molecular weight is 271 g/mol. The van der Waals surface area contributed by atoms with Crippen molar-refractivity contribution in [2.45, 2.75) is 37.8 Å². The molecule has 1 aliphatic heterocycles. The molecule has 3 rings (SSSR count). The summed E-state index contributed by atoms with van der Waals surface area (Å²) in [5.41, 5.74) is 2.87. The fourth-order valence-electron chi connectivity index (χ4n) is 2.90. The van der Waals surface area contributed by atoms with Gasteiger partial charge in [-0.2, -0.15) is 5.10 Å². The summed E-state index contributed by atoms with van der Waals surface area (Å²) in [6, 6.07) is 10.2. The molecule has 1 fully saturated rings. The minimum atomic E-state index is -0.512. The van der Waals surface area contributed by atoms with Gasteiger partial charge in [-0.3, -0.25) is 5.10 Å². The zero-order valence-corrected chi connectivity index (χ0v) is 11.5. The molecule has 1 saturated heterocycles. The van der Waals surface area contributed by atoms with Crippen LogP contribution in [0.1, 0.15) is 37.4 Å². The van der Waals surface area contributed by atoms with E-state index in [0.29, 0.717) is 0 Å². The molecule has 1 aliphatic rings. The van der Waals surface area contributed by atoms with Gasteiger partial charge in [-0.25, -0.2) is 0 Å². The molecule has 0 bridgehead atoms. The minimum Gasteiger partial charge on any atom is -0.387 e. The maximum absolute atomic E-state index is 10.7. The number of aromatic nitrogens is 2. The molecule has 106 valence electrons. The van der Waals surface area contributed by atoms with Gasteiger partial charge in [0.2, 0.25) is 0 Å². The van der Waals surface area contributed by atoms with Crippen molar-refractivity contribution >= 4 is 0 Å². The molecule has 0 amide bonds. The monoisotopic (exact) mass is 271 g/mol. The SMILES string of the molecule is OC(c1cn[nH]c1-c1ccccc1)C1CCCCCN1. The summed E-state index contributed by atoms with van der Waals surface area (Å²) in [5.74, 6) is 0. The summed E-state index contributed by atoms with van der Waals surface area (Å²) in [6.45, 7) is 0.986. The first-order chi connectivity index (χ1) is 9.86. The van der Waals surface area contributed by atoms with E-state index in [1.165, 1.54) is 19.3 Å². The fourth-order valence-corrected chi connectivity index (χ4v) is 2.90. The highest BCUT2D eigenvalue weighted by Crippen LogP contribution is 2.29. The number of aromatic amines is 1. The molecule has 20 heavy (non-hydrogen) atoms. The van der Waals surface area contributed by atoms with Gasteiger partial charge in [-0.05, 0) is 24.9 Å². The molecule has 2 unspecified atom stereocenters. The maximum atomic E-state index is 10.7. The van der Waals surface area contributed by atoms with Gasteiger partial charge >= 0.3 is 0 Å². The Hall–Kier alpha value is -1.65. The molecule has 4 nitrogen and oxygen atoms in total. The molecule has 1 aromatic heterocycles. The van der Waals surface area contributed by atoms with Crippen LogP contribution in [0.15, 0.2) is 36.5 Å². The molecule has 2 atom stereocenters.